The number of carbonyl (C=O) groups is 1. The first-order valence-corrected chi connectivity index (χ1v) is 8.07. The van der Waals surface area contributed by atoms with E-state index < -0.39 is 17.7 Å². The number of hydrogen-bond acceptors (Lipinski definition) is 2. The van der Waals surface area contributed by atoms with Crippen molar-refractivity contribution in [1.82, 2.24) is 10.2 Å². The maximum absolute atomic E-state index is 13.9. The highest BCUT2D eigenvalue weighted by Crippen LogP contribution is 2.26. The minimum absolute atomic E-state index is 0.0803. The van der Waals surface area contributed by atoms with Gasteiger partial charge in [-0.2, -0.15) is 0 Å². The quantitative estimate of drug-likeness (QED) is 0.873. The van der Waals surface area contributed by atoms with Crippen LogP contribution >= 0.6 is 0 Å². The molecule has 3 unspecified atom stereocenters. The molecule has 3 atom stereocenters. The lowest BCUT2D eigenvalue weighted by atomic mass is 10.0. The first-order valence-electron chi connectivity index (χ1n) is 8.07. The Morgan fingerprint density at radius 1 is 1.43 bits per heavy atom. The van der Waals surface area contributed by atoms with Gasteiger partial charge < -0.3 is 15.3 Å². The molecule has 1 aromatic carbocycles. The Hall–Kier alpha value is -1.69. The fourth-order valence-electron chi connectivity index (χ4n) is 3.11. The van der Waals surface area contributed by atoms with Crippen LogP contribution in [0.5, 0.6) is 0 Å². The fourth-order valence-corrected chi connectivity index (χ4v) is 3.11. The lowest BCUT2D eigenvalue weighted by molar-refractivity contribution is 0.113. The number of urea groups is 1. The molecular formula is C17H24F2N2O2. The number of hydrogen-bond donors (Lipinski definition) is 2. The zero-order chi connectivity index (χ0) is 17.0. The second-order valence-electron chi connectivity index (χ2n) is 6.22. The van der Waals surface area contributed by atoms with E-state index in [0.29, 0.717) is 13.0 Å². The van der Waals surface area contributed by atoms with E-state index in [1.54, 1.807) is 14.0 Å². The van der Waals surface area contributed by atoms with Gasteiger partial charge in [0.05, 0.1) is 12.1 Å². The minimum Gasteiger partial charge on any atom is -0.393 e. The van der Waals surface area contributed by atoms with Gasteiger partial charge in [-0.25, -0.2) is 13.6 Å². The topological polar surface area (TPSA) is 52.6 Å². The SMILES string of the molecule is CCC(NC(=O)N(C)CC1CCCC1O)c1cc(F)ccc1F. The van der Waals surface area contributed by atoms with Crippen molar-refractivity contribution in [3.8, 4) is 0 Å². The zero-order valence-corrected chi connectivity index (χ0v) is 13.6. The number of nitrogens with one attached hydrogen (secondary N) is 1. The summed E-state index contributed by atoms with van der Waals surface area (Å²) in [7, 11) is 1.65. The van der Waals surface area contributed by atoms with E-state index in [4.69, 9.17) is 0 Å². The predicted molar refractivity (Wildman–Crippen MR) is 83.9 cm³/mol. The maximum Gasteiger partial charge on any atom is 0.317 e. The number of halogens is 2. The van der Waals surface area contributed by atoms with E-state index in [0.717, 1.165) is 37.5 Å². The largest absolute Gasteiger partial charge is 0.393 e. The van der Waals surface area contributed by atoms with E-state index in [1.165, 1.54) is 4.90 Å². The number of aliphatic hydroxyl groups excluding tert-OH is 1. The number of rotatable bonds is 5. The highest BCUT2D eigenvalue weighted by Gasteiger charge is 2.28. The number of nitrogens with zero attached hydrogens (tertiary/aromatic N) is 1. The van der Waals surface area contributed by atoms with Crippen LogP contribution in [0.4, 0.5) is 13.6 Å². The Balaban J connectivity index is 2.00. The standard InChI is InChI=1S/C17H24F2N2O2/c1-3-15(13-9-12(18)7-8-14(13)19)20-17(23)21(2)10-11-5-4-6-16(11)22/h7-9,11,15-16,22H,3-6,10H2,1-2H3,(H,20,23). The van der Waals surface area contributed by atoms with Crippen LogP contribution < -0.4 is 5.32 Å². The number of aliphatic hydroxyl groups is 1. The van der Waals surface area contributed by atoms with Gasteiger partial charge >= 0.3 is 6.03 Å². The second-order valence-corrected chi connectivity index (χ2v) is 6.22. The average Bonchev–Trinajstić information content (AvgIpc) is 2.92. The smallest absolute Gasteiger partial charge is 0.317 e. The molecule has 1 saturated carbocycles. The zero-order valence-electron chi connectivity index (χ0n) is 13.6. The Labute approximate surface area is 135 Å². The molecule has 0 spiro atoms. The molecule has 0 saturated heterocycles. The van der Waals surface area contributed by atoms with Gasteiger partial charge in [0.2, 0.25) is 0 Å². The van der Waals surface area contributed by atoms with Crippen molar-refractivity contribution in [1.29, 1.82) is 0 Å². The maximum atomic E-state index is 13.9. The summed E-state index contributed by atoms with van der Waals surface area (Å²) in [6.07, 6.45) is 2.72. The molecule has 2 N–H and O–H groups in total. The Morgan fingerprint density at radius 3 is 2.78 bits per heavy atom. The van der Waals surface area contributed by atoms with Gasteiger partial charge in [0.1, 0.15) is 11.6 Å². The summed E-state index contributed by atoms with van der Waals surface area (Å²) >= 11 is 0. The molecule has 1 fully saturated rings. The Morgan fingerprint density at radius 2 is 2.17 bits per heavy atom. The molecule has 1 aromatic rings. The van der Waals surface area contributed by atoms with Gasteiger partial charge in [0.25, 0.3) is 0 Å². The molecule has 2 amide bonds. The number of amides is 2. The molecule has 1 aliphatic carbocycles. The Kier molecular flexibility index (Phi) is 5.93. The van der Waals surface area contributed by atoms with Crippen LogP contribution in [0, 0.1) is 17.6 Å². The van der Waals surface area contributed by atoms with Crippen LogP contribution in [-0.2, 0) is 0 Å². The van der Waals surface area contributed by atoms with Crippen LogP contribution in [0.1, 0.15) is 44.2 Å². The molecule has 0 aromatic heterocycles. The van der Waals surface area contributed by atoms with Crippen LogP contribution in [0.3, 0.4) is 0 Å². The lowest BCUT2D eigenvalue weighted by Gasteiger charge is -2.26. The van der Waals surface area contributed by atoms with Gasteiger partial charge in [-0.3, -0.25) is 0 Å². The van der Waals surface area contributed by atoms with E-state index in [1.807, 2.05) is 0 Å². The fraction of sp³-hybridized carbons (Fsp3) is 0.588. The predicted octanol–water partition coefficient (Wildman–Crippen LogP) is 3.22. The first-order chi connectivity index (χ1) is 10.9. The molecule has 128 valence electrons. The summed E-state index contributed by atoms with van der Waals surface area (Å²) in [6, 6.07) is 2.30. The van der Waals surface area contributed by atoms with E-state index >= 15 is 0 Å². The normalized spacial score (nSPS) is 22.0. The third kappa shape index (κ3) is 4.41. The van der Waals surface area contributed by atoms with Crippen LogP contribution in [-0.4, -0.2) is 35.7 Å². The van der Waals surface area contributed by atoms with Crippen molar-refractivity contribution in [3.05, 3.63) is 35.4 Å². The van der Waals surface area contributed by atoms with Crippen molar-refractivity contribution < 1.29 is 18.7 Å². The highest BCUT2D eigenvalue weighted by atomic mass is 19.1. The summed E-state index contributed by atoms with van der Waals surface area (Å²) in [5.74, 6) is -0.985. The summed E-state index contributed by atoms with van der Waals surface area (Å²) in [4.78, 5) is 13.8. The van der Waals surface area contributed by atoms with E-state index in [-0.39, 0.29) is 23.6 Å². The van der Waals surface area contributed by atoms with E-state index in [2.05, 4.69) is 5.32 Å². The van der Waals surface area contributed by atoms with Gasteiger partial charge in [0, 0.05) is 25.1 Å². The van der Waals surface area contributed by atoms with Gasteiger partial charge in [-0.05, 0) is 37.5 Å². The number of benzene rings is 1. The summed E-state index contributed by atoms with van der Waals surface area (Å²) in [6.45, 7) is 2.26. The monoisotopic (exact) mass is 326 g/mol. The van der Waals surface area contributed by atoms with Crippen LogP contribution in [0.15, 0.2) is 18.2 Å². The molecular weight excluding hydrogens is 302 g/mol. The summed E-state index contributed by atoms with van der Waals surface area (Å²) in [5.41, 5.74) is 0.148. The van der Waals surface area contributed by atoms with Crippen molar-refractivity contribution >= 4 is 6.03 Å². The molecule has 1 aliphatic rings. The average molecular weight is 326 g/mol. The molecule has 23 heavy (non-hydrogen) atoms. The van der Waals surface area contributed by atoms with Crippen molar-refractivity contribution in [2.24, 2.45) is 5.92 Å². The van der Waals surface area contributed by atoms with Gasteiger partial charge in [-0.15, -0.1) is 0 Å². The summed E-state index contributed by atoms with van der Waals surface area (Å²) < 4.78 is 27.2. The van der Waals surface area contributed by atoms with Crippen LogP contribution in [0.2, 0.25) is 0 Å². The molecule has 0 radical (unpaired) electrons. The van der Waals surface area contributed by atoms with Crippen LogP contribution in [0.25, 0.3) is 0 Å². The highest BCUT2D eigenvalue weighted by molar-refractivity contribution is 5.74. The van der Waals surface area contributed by atoms with Crippen molar-refractivity contribution in [2.45, 2.75) is 44.8 Å². The second kappa shape index (κ2) is 7.73. The summed E-state index contributed by atoms with van der Waals surface area (Å²) in [5, 5.41) is 12.6. The molecule has 0 heterocycles. The Bertz CT molecular complexity index is 553. The molecule has 2 rings (SSSR count). The van der Waals surface area contributed by atoms with Crippen molar-refractivity contribution in [2.75, 3.05) is 13.6 Å². The molecule has 0 aliphatic heterocycles. The first kappa shape index (κ1) is 17.7. The minimum atomic E-state index is -0.589. The van der Waals surface area contributed by atoms with Gasteiger partial charge in [0.15, 0.2) is 0 Å². The van der Waals surface area contributed by atoms with Gasteiger partial charge in [-0.1, -0.05) is 13.3 Å². The third-order valence-corrected chi connectivity index (χ3v) is 4.51. The van der Waals surface area contributed by atoms with E-state index in [9.17, 15) is 18.7 Å². The third-order valence-electron chi connectivity index (χ3n) is 4.51. The number of carbonyl (C=O) groups excluding carboxylic acids is 1. The lowest BCUT2D eigenvalue weighted by Crippen LogP contribution is -2.42. The molecule has 0 bridgehead atoms. The molecule has 6 heteroatoms. The molecule has 4 nitrogen and oxygen atoms in total. The van der Waals surface area contributed by atoms with Crippen molar-refractivity contribution in [3.63, 3.8) is 0 Å².